The molecule has 0 saturated carbocycles. The number of unbranched alkanes of at least 4 members (excludes halogenated alkanes) is 15. The predicted molar refractivity (Wildman–Crippen MR) is 252 cm³/mol. The molecule has 15 heteroatoms. The van der Waals surface area contributed by atoms with E-state index in [0.717, 1.165) is 67.5 Å². The number of thioether (sulfide) groups is 3. The summed E-state index contributed by atoms with van der Waals surface area (Å²) in [5.74, 6) is 5.10. The van der Waals surface area contributed by atoms with Gasteiger partial charge in [-0.2, -0.15) is 35.3 Å². The molecule has 0 unspecified atom stereocenters. The number of carbonyl (C=O) groups is 3. The third-order valence-electron chi connectivity index (χ3n) is 10.1. The summed E-state index contributed by atoms with van der Waals surface area (Å²) in [5, 5.41) is 0. The summed E-state index contributed by atoms with van der Waals surface area (Å²) in [4.78, 5) is 77.7. The highest BCUT2D eigenvalue weighted by atomic mass is 32.2. The van der Waals surface area contributed by atoms with Gasteiger partial charge >= 0.3 is 35.0 Å². The van der Waals surface area contributed by atoms with Gasteiger partial charge in [-0.3, -0.25) is 14.4 Å². The largest absolute Gasteiger partial charge is 0.464 e. The van der Waals surface area contributed by atoms with Gasteiger partial charge in [-0.15, -0.1) is 0 Å². The Bertz CT molecular complexity index is 1240. The lowest BCUT2D eigenvalue weighted by molar-refractivity contribution is -0.144. The van der Waals surface area contributed by atoms with Crippen molar-refractivity contribution in [1.29, 1.82) is 0 Å². The van der Waals surface area contributed by atoms with Gasteiger partial charge in [-0.25, -0.2) is 28.1 Å². The molecule has 0 aliphatic heterocycles. The molecule has 0 amide bonds. The molecule has 0 radical (unpaired) electrons. The summed E-state index contributed by atoms with van der Waals surface area (Å²) in [6, 6.07) is 0. The highest BCUT2D eigenvalue weighted by Crippen LogP contribution is 2.14. The lowest BCUT2D eigenvalue weighted by Crippen LogP contribution is -2.55. The molecular weight excluding hydrogens is 823 g/mol. The van der Waals surface area contributed by atoms with Crippen LogP contribution in [-0.4, -0.2) is 85.9 Å². The Balaban J connectivity index is 2.69. The van der Waals surface area contributed by atoms with Crippen LogP contribution >= 0.6 is 35.3 Å². The van der Waals surface area contributed by atoms with Crippen molar-refractivity contribution in [3.63, 3.8) is 0 Å². The van der Waals surface area contributed by atoms with Crippen LogP contribution < -0.4 is 17.1 Å². The van der Waals surface area contributed by atoms with Crippen molar-refractivity contribution in [2.75, 3.05) is 54.3 Å². The molecule has 1 aromatic heterocycles. The SMILES string of the molecule is CCCCCCCSCCCCC(=O)OCCn1c(=O)n(CCOC(=O)CCCCSCCCCCCC)c(=O)n(CCOC(=O)CCCCSCCCCCCC)c1=O. The Hall–Kier alpha value is -2.13. The van der Waals surface area contributed by atoms with E-state index in [9.17, 15) is 28.8 Å². The molecule has 1 rings (SSSR count). The second-order valence-electron chi connectivity index (χ2n) is 15.4. The third kappa shape index (κ3) is 29.2. The summed E-state index contributed by atoms with van der Waals surface area (Å²) in [7, 11) is 0. The molecule has 0 aliphatic rings. The fourth-order valence-corrected chi connectivity index (χ4v) is 9.44. The minimum atomic E-state index is -0.886. The fourth-order valence-electron chi connectivity index (χ4n) is 6.37. The van der Waals surface area contributed by atoms with Crippen molar-refractivity contribution in [3.05, 3.63) is 31.5 Å². The van der Waals surface area contributed by atoms with Gasteiger partial charge in [0.15, 0.2) is 0 Å². The van der Waals surface area contributed by atoms with Crippen molar-refractivity contribution >= 4 is 53.2 Å². The first-order valence-electron chi connectivity index (χ1n) is 23.4. The molecule has 0 aliphatic carbocycles. The van der Waals surface area contributed by atoms with Crippen molar-refractivity contribution < 1.29 is 28.6 Å². The zero-order valence-electron chi connectivity index (χ0n) is 37.7. The summed E-state index contributed by atoms with van der Waals surface area (Å²) >= 11 is 5.71. The first kappa shape index (κ1) is 55.9. The van der Waals surface area contributed by atoms with Crippen LogP contribution in [0.2, 0.25) is 0 Å². The van der Waals surface area contributed by atoms with Crippen LogP contribution in [0, 0.1) is 0 Å². The van der Waals surface area contributed by atoms with Crippen LogP contribution in [0.5, 0.6) is 0 Å². The van der Waals surface area contributed by atoms with Crippen LogP contribution in [0.4, 0.5) is 0 Å². The van der Waals surface area contributed by atoms with Crippen LogP contribution in [-0.2, 0) is 48.2 Å². The zero-order chi connectivity index (χ0) is 43.9. The fraction of sp³-hybridized carbons (Fsp3) is 0.867. The van der Waals surface area contributed by atoms with Crippen molar-refractivity contribution in [1.82, 2.24) is 13.7 Å². The molecule has 12 nitrogen and oxygen atoms in total. The van der Waals surface area contributed by atoms with E-state index in [4.69, 9.17) is 14.2 Å². The second-order valence-corrected chi connectivity index (χ2v) is 19.1. The minimum absolute atomic E-state index is 0.225. The maximum Gasteiger partial charge on any atom is 0.336 e. The third-order valence-corrected chi connectivity index (χ3v) is 13.5. The summed E-state index contributed by atoms with van der Waals surface area (Å²) in [5.41, 5.74) is -2.66. The molecule has 0 N–H and O–H groups in total. The lowest BCUT2D eigenvalue weighted by atomic mass is 10.2. The van der Waals surface area contributed by atoms with Gasteiger partial charge < -0.3 is 14.2 Å². The van der Waals surface area contributed by atoms with Gasteiger partial charge in [0.25, 0.3) is 0 Å². The molecule has 0 spiro atoms. The second kappa shape index (κ2) is 39.7. The van der Waals surface area contributed by atoms with E-state index in [-0.39, 0.29) is 58.7 Å². The monoisotopic (exact) mass is 904 g/mol. The van der Waals surface area contributed by atoms with E-state index in [1.807, 2.05) is 35.3 Å². The van der Waals surface area contributed by atoms with Crippen molar-refractivity contribution in [2.45, 2.75) is 195 Å². The highest BCUT2D eigenvalue weighted by Gasteiger charge is 2.17. The maximum atomic E-state index is 13.4. The molecule has 0 bridgehead atoms. The molecular formula is C45H81N3O9S3. The Labute approximate surface area is 374 Å². The Morgan fingerprint density at radius 1 is 0.367 bits per heavy atom. The molecule has 0 atom stereocenters. The van der Waals surface area contributed by atoms with Crippen LogP contribution in [0.3, 0.4) is 0 Å². The smallest absolute Gasteiger partial charge is 0.336 e. The molecule has 0 fully saturated rings. The number of nitrogens with zero attached hydrogens (tertiary/aromatic N) is 3. The zero-order valence-corrected chi connectivity index (χ0v) is 40.1. The highest BCUT2D eigenvalue weighted by molar-refractivity contribution is 7.99. The lowest BCUT2D eigenvalue weighted by Gasteiger charge is -2.14. The van der Waals surface area contributed by atoms with Gasteiger partial charge in [-0.05, 0) is 92.3 Å². The van der Waals surface area contributed by atoms with E-state index in [0.29, 0.717) is 19.3 Å². The maximum absolute atomic E-state index is 13.4. The number of aromatic nitrogens is 3. The quantitative estimate of drug-likeness (QED) is 0.0350. The standard InChI is InChI=1S/C45H81N3O9S3/c1-4-7-10-13-19-34-58-37-22-16-25-40(49)55-31-28-46-43(52)47(29-32-56-41(50)26-17-23-38-59-35-20-14-11-8-5-2)45(54)48(44(46)53)30-33-57-42(51)27-18-24-39-60-36-21-15-12-9-6-3/h4-39H2,1-3H3. The normalized spacial score (nSPS) is 11.2. The molecule has 1 aromatic rings. The van der Waals surface area contributed by atoms with E-state index in [1.54, 1.807) is 0 Å². The predicted octanol–water partition coefficient (Wildman–Crippen LogP) is 9.42. The first-order chi connectivity index (χ1) is 29.3. The van der Waals surface area contributed by atoms with Crippen molar-refractivity contribution in [2.24, 2.45) is 0 Å². The van der Waals surface area contributed by atoms with Gasteiger partial charge in [0.05, 0.1) is 19.6 Å². The number of hydrogen-bond acceptors (Lipinski definition) is 12. The molecule has 0 aromatic carbocycles. The van der Waals surface area contributed by atoms with E-state index < -0.39 is 35.0 Å². The minimum Gasteiger partial charge on any atom is -0.464 e. The first-order valence-corrected chi connectivity index (χ1v) is 26.9. The molecule has 60 heavy (non-hydrogen) atoms. The average molecular weight is 904 g/mol. The van der Waals surface area contributed by atoms with Crippen LogP contribution in [0.25, 0.3) is 0 Å². The van der Waals surface area contributed by atoms with Gasteiger partial charge in [-0.1, -0.05) is 97.8 Å². The van der Waals surface area contributed by atoms with E-state index >= 15 is 0 Å². The molecule has 348 valence electrons. The van der Waals surface area contributed by atoms with Gasteiger partial charge in [0, 0.05) is 19.3 Å². The number of ether oxygens (including phenoxy) is 3. The summed E-state index contributed by atoms with van der Waals surface area (Å²) in [6.45, 7) is 5.17. The topological polar surface area (TPSA) is 145 Å². The van der Waals surface area contributed by atoms with Crippen LogP contribution in [0.1, 0.15) is 175 Å². The molecule has 0 saturated heterocycles. The Morgan fingerprint density at radius 2 is 0.600 bits per heavy atom. The van der Waals surface area contributed by atoms with Crippen LogP contribution in [0.15, 0.2) is 14.4 Å². The number of esters is 3. The van der Waals surface area contributed by atoms with Gasteiger partial charge in [0.1, 0.15) is 19.8 Å². The Morgan fingerprint density at radius 3 is 0.850 bits per heavy atom. The number of rotatable bonds is 42. The number of hydrogen-bond donors (Lipinski definition) is 0. The van der Waals surface area contributed by atoms with E-state index in [1.165, 1.54) is 96.3 Å². The van der Waals surface area contributed by atoms with Gasteiger partial charge in [0.2, 0.25) is 0 Å². The molecule has 1 heterocycles. The Kier molecular flexibility index (Phi) is 37.0. The summed E-state index contributed by atoms with van der Waals surface area (Å²) in [6.07, 6.45) is 24.3. The average Bonchev–Trinajstić information content (AvgIpc) is 3.23. The van der Waals surface area contributed by atoms with E-state index in [2.05, 4.69) is 20.8 Å². The summed E-state index contributed by atoms with van der Waals surface area (Å²) < 4.78 is 18.6. The number of carbonyl (C=O) groups excluding carboxylic acids is 3. The van der Waals surface area contributed by atoms with Crippen molar-refractivity contribution in [3.8, 4) is 0 Å².